The van der Waals surface area contributed by atoms with Gasteiger partial charge >= 0.3 is 0 Å². The summed E-state index contributed by atoms with van der Waals surface area (Å²) in [5.41, 5.74) is 1.16. The van der Waals surface area contributed by atoms with Crippen LogP contribution >= 0.6 is 11.3 Å². The zero-order chi connectivity index (χ0) is 22.7. The summed E-state index contributed by atoms with van der Waals surface area (Å²) in [6, 6.07) is 11.2. The molecule has 0 fully saturated rings. The molecule has 1 aromatic heterocycles. The van der Waals surface area contributed by atoms with Crippen LogP contribution in [0.15, 0.2) is 58.1 Å². The van der Waals surface area contributed by atoms with Crippen molar-refractivity contribution in [3.63, 3.8) is 0 Å². The van der Waals surface area contributed by atoms with Crippen LogP contribution in [0.2, 0.25) is 0 Å². The molecule has 1 N–H and O–H groups in total. The summed E-state index contributed by atoms with van der Waals surface area (Å²) in [5.74, 6) is 7.03. The molecule has 0 saturated carbocycles. The molecule has 0 radical (unpaired) electrons. The fourth-order valence-corrected chi connectivity index (χ4v) is 4.70. The van der Waals surface area contributed by atoms with Crippen molar-refractivity contribution in [2.24, 2.45) is 5.41 Å². The second-order valence-electron chi connectivity index (χ2n) is 8.08. The number of likely N-dealkylation sites (N-methyl/N-ethyl adjacent to an activating group) is 1. The molecule has 0 aliphatic heterocycles. The highest BCUT2D eigenvalue weighted by molar-refractivity contribution is 7.91. The Morgan fingerprint density at radius 2 is 2.03 bits per heavy atom. The Labute approximate surface area is 191 Å². The molecule has 2 rings (SSSR count). The highest BCUT2D eigenvalue weighted by Gasteiger charge is 2.14. The Hall–Kier alpha value is -2.11. The van der Waals surface area contributed by atoms with E-state index >= 15 is 0 Å². The van der Waals surface area contributed by atoms with Crippen LogP contribution in [0.25, 0.3) is 0 Å². The van der Waals surface area contributed by atoms with Crippen LogP contribution in [0.1, 0.15) is 33.3 Å². The molecule has 0 spiro atoms. The summed E-state index contributed by atoms with van der Waals surface area (Å²) >= 11 is 1.19. The van der Waals surface area contributed by atoms with Crippen LogP contribution in [-0.2, 0) is 16.6 Å². The number of nitrogens with one attached hydrogen (secondary N) is 1. The zero-order valence-corrected chi connectivity index (χ0v) is 20.4. The zero-order valence-electron chi connectivity index (χ0n) is 18.7. The third-order valence-corrected chi connectivity index (χ3v) is 7.05. The van der Waals surface area contributed by atoms with Gasteiger partial charge in [0.1, 0.15) is 16.6 Å². The van der Waals surface area contributed by atoms with Gasteiger partial charge in [-0.1, -0.05) is 43.0 Å². The number of ether oxygens (including phenoxy) is 1. The molecule has 0 saturated heterocycles. The van der Waals surface area contributed by atoms with Gasteiger partial charge in [-0.3, -0.25) is 4.90 Å². The second-order valence-corrected chi connectivity index (χ2v) is 11.0. The Bertz CT molecular complexity index is 995. The van der Waals surface area contributed by atoms with Crippen molar-refractivity contribution in [1.29, 1.82) is 0 Å². The molecular weight excluding hydrogens is 428 g/mol. The number of allylic oxidation sites excluding steroid dienone is 1. The van der Waals surface area contributed by atoms with Crippen molar-refractivity contribution < 1.29 is 13.2 Å². The minimum atomic E-state index is -3.45. The number of benzene rings is 1. The Kier molecular flexibility index (Phi) is 9.79. The van der Waals surface area contributed by atoms with Gasteiger partial charge < -0.3 is 4.74 Å². The van der Waals surface area contributed by atoms with Gasteiger partial charge in [-0.2, -0.15) is 0 Å². The Morgan fingerprint density at radius 3 is 2.71 bits per heavy atom. The van der Waals surface area contributed by atoms with Gasteiger partial charge in [0.25, 0.3) is 0 Å². The summed E-state index contributed by atoms with van der Waals surface area (Å²) in [4.78, 5) is 2.31. The quantitative estimate of drug-likeness (QED) is 0.395. The molecule has 31 heavy (non-hydrogen) atoms. The molecule has 0 unspecified atom stereocenters. The number of thiophene rings is 1. The number of hydrogen-bond acceptors (Lipinski definition) is 5. The summed E-state index contributed by atoms with van der Waals surface area (Å²) in [7, 11) is -3.45. The van der Waals surface area contributed by atoms with E-state index < -0.39 is 10.0 Å². The summed E-state index contributed by atoms with van der Waals surface area (Å²) in [6.07, 6.45) is 4.01. The van der Waals surface area contributed by atoms with Gasteiger partial charge in [-0.25, -0.2) is 13.1 Å². The average molecular weight is 461 g/mol. The lowest BCUT2D eigenvalue weighted by Gasteiger charge is -2.19. The molecule has 0 bridgehead atoms. The van der Waals surface area contributed by atoms with E-state index in [4.69, 9.17) is 4.74 Å². The Morgan fingerprint density at radius 1 is 1.23 bits per heavy atom. The number of rotatable bonds is 11. The van der Waals surface area contributed by atoms with Crippen LogP contribution < -0.4 is 9.46 Å². The fourth-order valence-electron chi connectivity index (χ4n) is 2.65. The van der Waals surface area contributed by atoms with Crippen LogP contribution in [-0.4, -0.2) is 39.6 Å². The number of hydrogen-bond donors (Lipinski definition) is 1. The van der Waals surface area contributed by atoms with E-state index in [-0.39, 0.29) is 18.6 Å². The van der Waals surface area contributed by atoms with Crippen molar-refractivity contribution in [2.45, 2.75) is 38.4 Å². The van der Waals surface area contributed by atoms with Gasteiger partial charge in [-0.05, 0) is 62.5 Å². The van der Waals surface area contributed by atoms with E-state index in [1.807, 2.05) is 24.3 Å². The van der Waals surface area contributed by atoms with Gasteiger partial charge in [0.15, 0.2) is 0 Å². The van der Waals surface area contributed by atoms with Gasteiger partial charge in [0.2, 0.25) is 10.0 Å². The van der Waals surface area contributed by atoms with Crippen molar-refractivity contribution >= 4 is 21.4 Å². The van der Waals surface area contributed by atoms with E-state index in [0.717, 1.165) is 30.9 Å². The lowest BCUT2D eigenvalue weighted by molar-refractivity contribution is 0.306. The maximum absolute atomic E-state index is 12.1. The maximum atomic E-state index is 12.1. The van der Waals surface area contributed by atoms with E-state index in [0.29, 0.717) is 4.21 Å². The summed E-state index contributed by atoms with van der Waals surface area (Å²) in [6.45, 7) is 11.5. The normalized spacial score (nSPS) is 12.2. The van der Waals surface area contributed by atoms with Gasteiger partial charge in [-0.15, -0.1) is 11.3 Å². The molecule has 7 heteroatoms. The average Bonchev–Trinajstić information content (AvgIpc) is 3.25. The van der Waals surface area contributed by atoms with Crippen LogP contribution in [0.5, 0.6) is 5.75 Å². The molecule has 5 nitrogen and oxygen atoms in total. The summed E-state index contributed by atoms with van der Waals surface area (Å²) in [5, 5.41) is 1.74. The van der Waals surface area contributed by atoms with Crippen LogP contribution in [0.4, 0.5) is 0 Å². The SMILES string of the molecule is CCN(C/C=C/C#CC(C)(C)C)Cc1cccc(OCCNS(=O)(=O)c2cccs2)c1. The molecule has 2 aromatic rings. The van der Waals surface area contributed by atoms with Crippen molar-refractivity contribution in [2.75, 3.05) is 26.2 Å². The first-order chi connectivity index (χ1) is 14.7. The number of sulfonamides is 1. The third-order valence-electron chi connectivity index (χ3n) is 4.19. The van der Waals surface area contributed by atoms with Gasteiger partial charge in [0, 0.05) is 25.0 Å². The van der Waals surface area contributed by atoms with E-state index in [9.17, 15) is 8.42 Å². The molecule has 0 atom stereocenters. The molecule has 0 aliphatic carbocycles. The van der Waals surface area contributed by atoms with Crippen molar-refractivity contribution in [3.05, 3.63) is 59.5 Å². The molecule has 1 aromatic carbocycles. The highest BCUT2D eigenvalue weighted by Crippen LogP contribution is 2.16. The lowest BCUT2D eigenvalue weighted by Crippen LogP contribution is -2.27. The first-order valence-electron chi connectivity index (χ1n) is 10.3. The minimum absolute atomic E-state index is 0.0128. The summed E-state index contributed by atoms with van der Waals surface area (Å²) < 4.78 is 32.8. The van der Waals surface area contributed by atoms with Crippen molar-refractivity contribution in [1.82, 2.24) is 9.62 Å². The highest BCUT2D eigenvalue weighted by atomic mass is 32.2. The van der Waals surface area contributed by atoms with Crippen molar-refractivity contribution in [3.8, 4) is 17.6 Å². The monoisotopic (exact) mass is 460 g/mol. The number of nitrogens with zero attached hydrogens (tertiary/aromatic N) is 1. The largest absolute Gasteiger partial charge is 0.492 e. The Balaban J connectivity index is 1.82. The fraction of sp³-hybridized carbons (Fsp3) is 0.417. The topological polar surface area (TPSA) is 58.6 Å². The molecule has 168 valence electrons. The molecule has 0 amide bonds. The van der Waals surface area contributed by atoms with E-state index in [1.165, 1.54) is 11.3 Å². The second kappa shape index (κ2) is 12.1. The first kappa shape index (κ1) is 25.2. The van der Waals surface area contributed by atoms with E-state index in [1.54, 1.807) is 17.5 Å². The molecule has 0 aliphatic rings. The van der Waals surface area contributed by atoms with Gasteiger partial charge in [0.05, 0.1) is 0 Å². The maximum Gasteiger partial charge on any atom is 0.250 e. The van der Waals surface area contributed by atoms with Crippen LogP contribution in [0.3, 0.4) is 0 Å². The minimum Gasteiger partial charge on any atom is -0.492 e. The standard InChI is InChI=1S/C24H32N2O3S2/c1-5-26(16-8-6-7-14-24(2,3)4)20-21-11-9-12-22(19-21)29-17-15-25-31(27,28)23-13-10-18-30-23/h6,8-13,18-19,25H,5,15-17,20H2,1-4H3/b8-6+. The molecular formula is C24H32N2O3S2. The smallest absolute Gasteiger partial charge is 0.250 e. The van der Waals surface area contributed by atoms with Crippen LogP contribution in [0, 0.1) is 17.3 Å². The molecule has 1 heterocycles. The third kappa shape index (κ3) is 9.70. The first-order valence-corrected chi connectivity index (χ1v) is 12.7. The predicted molar refractivity (Wildman–Crippen MR) is 129 cm³/mol. The van der Waals surface area contributed by atoms with E-state index in [2.05, 4.69) is 61.3 Å². The lowest BCUT2D eigenvalue weighted by atomic mass is 9.98. The predicted octanol–water partition coefficient (Wildman–Crippen LogP) is 4.53.